The molecule has 0 aliphatic rings. The Morgan fingerprint density at radius 1 is 1.03 bits per heavy atom. The molecular formula is C23H18BrN3O3. The number of aromatic nitrogens is 2. The van der Waals surface area contributed by atoms with Crippen LogP contribution in [-0.2, 0) is 0 Å². The van der Waals surface area contributed by atoms with Crippen LogP contribution in [0, 0.1) is 6.92 Å². The van der Waals surface area contributed by atoms with Crippen LogP contribution in [0.4, 0.5) is 5.69 Å². The third-order valence-corrected chi connectivity index (χ3v) is 5.25. The van der Waals surface area contributed by atoms with E-state index in [1.54, 1.807) is 55.6 Å². The predicted octanol–water partition coefficient (Wildman–Crippen LogP) is 4.72. The van der Waals surface area contributed by atoms with E-state index in [0.29, 0.717) is 27.9 Å². The highest BCUT2D eigenvalue weighted by Gasteiger charge is 2.18. The van der Waals surface area contributed by atoms with Crippen LogP contribution in [0.5, 0.6) is 5.75 Å². The number of hydrogen-bond donors (Lipinski definition) is 1. The average molecular weight is 464 g/mol. The number of methoxy groups -OCH3 is 1. The Morgan fingerprint density at radius 3 is 2.53 bits per heavy atom. The van der Waals surface area contributed by atoms with Gasteiger partial charge in [0, 0.05) is 21.6 Å². The molecule has 0 fully saturated rings. The van der Waals surface area contributed by atoms with Gasteiger partial charge in [0.25, 0.3) is 11.5 Å². The van der Waals surface area contributed by atoms with Crippen molar-refractivity contribution in [2.45, 2.75) is 6.92 Å². The van der Waals surface area contributed by atoms with Gasteiger partial charge in [0.15, 0.2) is 5.69 Å². The molecule has 0 aliphatic heterocycles. The Balaban J connectivity index is 1.87. The first-order chi connectivity index (χ1) is 14.5. The second-order valence-electron chi connectivity index (χ2n) is 6.73. The standard InChI is InChI=1S/C23H18BrN3O3/c1-14-12-15(24)10-11-20(14)25-22(28)21-18-8-3-4-9-19(18)23(29)27(26-21)16-6-5-7-17(13-16)30-2/h3-13H,1-2H3,(H,25,28). The molecular weight excluding hydrogens is 446 g/mol. The maximum absolute atomic E-state index is 13.2. The number of ether oxygens (including phenoxy) is 1. The van der Waals surface area contributed by atoms with Crippen molar-refractivity contribution in [1.29, 1.82) is 0 Å². The molecule has 0 bridgehead atoms. The van der Waals surface area contributed by atoms with Gasteiger partial charge in [-0.05, 0) is 48.9 Å². The lowest BCUT2D eigenvalue weighted by atomic mass is 10.1. The summed E-state index contributed by atoms with van der Waals surface area (Å²) in [6.45, 7) is 1.91. The van der Waals surface area contributed by atoms with Gasteiger partial charge in [-0.1, -0.05) is 40.2 Å². The highest BCUT2D eigenvalue weighted by atomic mass is 79.9. The molecule has 0 saturated carbocycles. The SMILES string of the molecule is COc1cccc(-n2nc(C(=O)Nc3ccc(Br)cc3C)c3ccccc3c2=O)c1. The van der Waals surface area contributed by atoms with Gasteiger partial charge in [0.05, 0.1) is 18.2 Å². The lowest BCUT2D eigenvalue weighted by Gasteiger charge is -2.13. The van der Waals surface area contributed by atoms with Gasteiger partial charge in [-0.2, -0.15) is 9.78 Å². The quantitative estimate of drug-likeness (QED) is 0.475. The Morgan fingerprint density at radius 2 is 1.80 bits per heavy atom. The Labute approximate surface area is 181 Å². The van der Waals surface area contributed by atoms with Crippen molar-refractivity contribution < 1.29 is 9.53 Å². The number of carbonyl (C=O) groups excluding carboxylic acids is 1. The van der Waals surface area contributed by atoms with E-state index in [0.717, 1.165) is 10.0 Å². The van der Waals surface area contributed by atoms with Crippen molar-refractivity contribution in [3.63, 3.8) is 0 Å². The van der Waals surface area contributed by atoms with E-state index in [1.165, 1.54) is 4.68 Å². The molecule has 0 saturated heterocycles. The first-order valence-corrected chi connectivity index (χ1v) is 10.0. The predicted molar refractivity (Wildman–Crippen MR) is 121 cm³/mol. The fraction of sp³-hybridized carbons (Fsp3) is 0.0870. The Bertz CT molecular complexity index is 1330. The number of aryl methyl sites for hydroxylation is 1. The maximum atomic E-state index is 13.2. The van der Waals surface area contributed by atoms with E-state index in [9.17, 15) is 9.59 Å². The number of amides is 1. The lowest BCUT2D eigenvalue weighted by molar-refractivity contribution is 0.102. The zero-order valence-electron chi connectivity index (χ0n) is 16.3. The van der Waals surface area contributed by atoms with Crippen LogP contribution >= 0.6 is 15.9 Å². The fourth-order valence-corrected chi connectivity index (χ4v) is 3.70. The van der Waals surface area contributed by atoms with E-state index in [2.05, 4.69) is 26.3 Å². The van der Waals surface area contributed by atoms with Gasteiger partial charge in [-0.25, -0.2) is 0 Å². The van der Waals surface area contributed by atoms with Crippen LogP contribution in [0.25, 0.3) is 16.5 Å². The van der Waals surface area contributed by atoms with E-state index in [-0.39, 0.29) is 11.3 Å². The van der Waals surface area contributed by atoms with Crippen LogP contribution < -0.4 is 15.6 Å². The molecule has 1 heterocycles. The molecule has 30 heavy (non-hydrogen) atoms. The van der Waals surface area contributed by atoms with Crippen molar-refractivity contribution in [2.75, 3.05) is 12.4 Å². The van der Waals surface area contributed by atoms with Gasteiger partial charge in [-0.15, -0.1) is 0 Å². The summed E-state index contributed by atoms with van der Waals surface area (Å²) in [5.74, 6) is 0.194. The second-order valence-corrected chi connectivity index (χ2v) is 7.64. The zero-order chi connectivity index (χ0) is 21.3. The van der Waals surface area contributed by atoms with Gasteiger partial charge in [-0.3, -0.25) is 9.59 Å². The number of anilines is 1. The largest absolute Gasteiger partial charge is 0.497 e. The maximum Gasteiger partial charge on any atom is 0.279 e. The third kappa shape index (κ3) is 3.71. The molecule has 4 aromatic rings. The molecule has 4 rings (SSSR count). The smallest absolute Gasteiger partial charge is 0.279 e. The van der Waals surface area contributed by atoms with Crippen molar-refractivity contribution in [3.05, 3.63) is 92.8 Å². The van der Waals surface area contributed by atoms with Crippen LogP contribution in [0.2, 0.25) is 0 Å². The van der Waals surface area contributed by atoms with Crippen LogP contribution in [-0.4, -0.2) is 22.8 Å². The average Bonchev–Trinajstić information content (AvgIpc) is 2.76. The fourth-order valence-electron chi connectivity index (χ4n) is 3.22. The zero-order valence-corrected chi connectivity index (χ0v) is 17.9. The molecule has 0 spiro atoms. The van der Waals surface area contributed by atoms with Crippen LogP contribution in [0.15, 0.2) is 76.0 Å². The van der Waals surface area contributed by atoms with Gasteiger partial charge >= 0.3 is 0 Å². The number of nitrogens with one attached hydrogen (secondary N) is 1. The first-order valence-electron chi connectivity index (χ1n) is 9.22. The molecule has 1 aromatic heterocycles. The van der Waals surface area contributed by atoms with Crippen molar-refractivity contribution >= 4 is 38.3 Å². The van der Waals surface area contributed by atoms with Crippen molar-refractivity contribution in [2.24, 2.45) is 0 Å². The molecule has 0 radical (unpaired) electrons. The lowest BCUT2D eigenvalue weighted by Crippen LogP contribution is -2.26. The number of hydrogen-bond acceptors (Lipinski definition) is 4. The highest BCUT2D eigenvalue weighted by molar-refractivity contribution is 9.10. The molecule has 150 valence electrons. The van der Waals surface area contributed by atoms with Crippen molar-refractivity contribution in [3.8, 4) is 11.4 Å². The Hall–Kier alpha value is -3.45. The van der Waals surface area contributed by atoms with E-state index < -0.39 is 5.91 Å². The summed E-state index contributed by atoms with van der Waals surface area (Å²) < 4.78 is 7.41. The summed E-state index contributed by atoms with van der Waals surface area (Å²) in [4.78, 5) is 26.2. The summed E-state index contributed by atoms with van der Waals surface area (Å²) in [7, 11) is 1.55. The number of benzene rings is 3. The van der Waals surface area contributed by atoms with Crippen LogP contribution in [0.3, 0.4) is 0 Å². The Kier molecular flexibility index (Phi) is 5.37. The van der Waals surface area contributed by atoms with Crippen molar-refractivity contribution in [1.82, 2.24) is 9.78 Å². The summed E-state index contributed by atoms with van der Waals surface area (Å²) in [6, 6.07) is 19.5. The molecule has 3 aromatic carbocycles. The third-order valence-electron chi connectivity index (χ3n) is 4.75. The van der Waals surface area contributed by atoms with E-state index >= 15 is 0 Å². The minimum absolute atomic E-state index is 0.162. The van der Waals surface area contributed by atoms with Gasteiger partial charge in [0.1, 0.15) is 5.75 Å². The number of rotatable bonds is 4. The minimum Gasteiger partial charge on any atom is -0.497 e. The number of carbonyl (C=O) groups is 1. The molecule has 6 nitrogen and oxygen atoms in total. The molecule has 0 atom stereocenters. The molecule has 7 heteroatoms. The van der Waals surface area contributed by atoms with Crippen LogP contribution in [0.1, 0.15) is 16.1 Å². The molecule has 0 aliphatic carbocycles. The molecule has 1 N–H and O–H groups in total. The summed E-state index contributed by atoms with van der Waals surface area (Å²) in [6.07, 6.45) is 0. The van der Waals surface area contributed by atoms with Gasteiger partial charge < -0.3 is 10.1 Å². The monoisotopic (exact) mass is 463 g/mol. The van der Waals surface area contributed by atoms with E-state index in [1.807, 2.05) is 25.1 Å². The minimum atomic E-state index is -0.395. The topological polar surface area (TPSA) is 73.2 Å². The highest BCUT2D eigenvalue weighted by Crippen LogP contribution is 2.22. The van der Waals surface area contributed by atoms with Gasteiger partial charge in [0.2, 0.25) is 0 Å². The second kappa shape index (κ2) is 8.12. The summed E-state index contributed by atoms with van der Waals surface area (Å²) in [5, 5.41) is 8.23. The number of halogens is 1. The molecule has 0 unspecified atom stereocenters. The molecule has 1 amide bonds. The first kappa shape index (κ1) is 19.8. The normalized spacial score (nSPS) is 10.8. The number of nitrogens with zero attached hydrogens (tertiary/aromatic N) is 2. The summed E-state index contributed by atoms with van der Waals surface area (Å²) >= 11 is 3.42. The summed E-state index contributed by atoms with van der Waals surface area (Å²) in [5.41, 5.74) is 1.95. The van der Waals surface area contributed by atoms with E-state index in [4.69, 9.17) is 4.74 Å². The number of fused-ring (bicyclic) bond motifs is 1.